The van der Waals surface area contributed by atoms with Crippen molar-refractivity contribution in [3.8, 4) is 33.0 Å². The van der Waals surface area contributed by atoms with Crippen LogP contribution in [0.3, 0.4) is 0 Å². The van der Waals surface area contributed by atoms with Crippen LogP contribution in [0.2, 0.25) is 0 Å². The zero-order valence-electron chi connectivity index (χ0n) is 28.2. The van der Waals surface area contributed by atoms with E-state index in [0.717, 1.165) is 11.1 Å². The Morgan fingerprint density at radius 1 is 0.792 bits per heavy atom. The normalized spacial score (nSPS) is 12.4. The number of nitrogens with zero attached hydrogens (tertiary/aromatic N) is 6. The van der Waals surface area contributed by atoms with E-state index in [1.807, 2.05) is 60.7 Å². The van der Waals surface area contributed by atoms with Gasteiger partial charge < -0.3 is 15.0 Å². The number of carbonyl (C=O) groups is 2. The third kappa shape index (κ3) is 9.47. The van der Waals surface area contributed by atoms with E-state index in [4.69, 9.17) is 0 Å². The summed E-state index contributed by atoms with van der Waals surface area (Å²) in [7, 11) is 0. The van der Waals surface area contributed by atoms with Crippen LogP contribution in [0.5, 0.6) is 5.75 Å². The fraction of sp³-hybridized carbons (Fsp3) is 0.184. The number of amides is 2. The lowest BCUT2D eigenvalue weighted by molar-refractivity contribution is -0.274. The van der Waals surface area contributed by atoms with Crippen LogP contribution in [-0.2, 0) is 22.4 Å². The van der Waals surface area contributed by atoms with E-state index >= 15 is 0 Å². The zero-order chi connectivity index (χ0) is 37.5. The Morgan fingerprint density at radius 3 is 2.08 bits per heavy atom. The van der Waals surface area contributed by atoms with Gasteiger partial charge in [0.25, 0.3) is 0 Å². The minimum absolute atomic E-state index is 0.192. The standard InChI is InChI=1S/C38H30F3N7O3S2/c1-23(49)43-32(19-25-7-4-3-5-8-25)36-46-45-35(52-36)29-9-6-10-30(21-29)48(24(2)50)33(20-26-11-13-27(22-42)14-12-26)37-47-44-34(53-37)28-15-17-31(18-16-28)51-38(39,40)41/h3-18,21,32-33H,19-20H2,1-2H3,(H,43,49). The molecule has 2 atom stereocenters. The molecule has 15 heteroatoms. The fourth-order valence-corrected chi connectivity index (χ4v) is 7.50. The summed E-state index contributed by atoms with van der Waals surface area (Å²) in [5, 5.41) is 32.1. The molecule has 0 aliphatic carbocycles. The Balaban J connectivity index is 1.33. The molecule has 2 amide bonds. The van der Waals surface area contributed by atoms with E-state index in [1.54, 1.807) is 23.1 Å². The molecule has 4 aromatic carbocycles. The summed E-state index contributed by atoms with van der Waals surface area (Å²) >= 11 is 2.55. The molecule has 0 bridgehead atoms. The lowest BCUT2D eigenvalue weighted by atomic mass is 10.0. The molecule has 0 fully saturated rings. The number of carbonyl (C=O) groups excluding carboxylic acids is 2. The smallest absolute Gasteiger partial charge is 0.406 e. The number of alkyl halides is 3. The molecule has 0 aliphatic heterocycles. The summed E-state index contributed by atoms with van der Waals surface area (Å²) in [4.78, 5) is 27.3. The first-order chi connectivity index (χ1) is 25.5. The first-order valence-electron chi connectivity index (χ1n) is 16.2. The number of ether oxygens (including phenoxy) is 1. The predicted octanol–water partition coefficient (Wildman–Crippen LogP) is 8.25. The van der Waals surface area contributed by atoms with Gasteiger partial charge in [-0.15, -0.1) is 33.6 Å². The molecule has 6 rings (SSSR count). The van der Waals surface area contributed by atoms with Gasteiger partial charge in [0.15, 0.2) is 0 Å². The van der Waals surface area contributed by atoms with E-state index in [0.29, 0.717) is 55.2 Å². The van der Waals surface area contributed by atoms with Crippen LogP contribution < -0.4 is 15.0 Å². The van der Waals surface area contributed by atoms with Crippen LogP contribution >= 0.6 is 22.7 Å². The van der Waals surface area contributed by atoms with Gasteiger partial charge >= 0.3 is 6.36 Å². The van der Waals surface area contributed by atoms with E-state index in [9.17, 15) is 28.0 Å². The van der Waals surface area contributed by atoms with Gasteiger partial charge in [0.2, 0.25) is 11.8 Å². The van der Waals surface area contributed by atoms with Gasteiger partial charge in [0.1, 0.15) is 25.8 Å². The molecule has 0 radical (unpaired) electrons. The second-order valence-electron chi connectivity index (χ2n) is 11.9. The summed E-state index contributed by atoms with van der Waals surface area (Å²) in [6.07, 6.45) is -3.98. The second kappa shape index (κ2) is 16.1. The highest BCUT2D eigenvalue weighted by molar-refractivity contribution is 7.15. The summed E-state index contributed by atoms with van der Waals surface area (Å²) < 4.78 is 42.2. The molecule has 2 heterocycles. The number of halogens is 3. The van der Waals surface area contributed by atoms with Crippen molar-refractivity contribution in [2.75, 3.05) is 4.90 Å². The fourth-order valence-electron chi connectivity index (χ4n) is 5.67. The second-order valence-corrected chi connectivity index (χ2v) is 13.9. The SMILES string of the molecule is CC(=O)NC(Cc1ccccc1)c1nnc(-c2cccc(N(C(C)=O)C(Cc3ccc(C#N)cc3)c3nnc(-c4ccc(OC(F)(F)F)cc4)s3)c2)s1. The van der Waals surface area contributed by atoms with Gasteiger partial charge in [0, 0.05) is 30.7 Å². The van der Waals surface area contributed by atoms with Crippen LogP contribution in [0, 0.1) is 11.3 Å². The number of benzene rings is 4. The summed E-state index contributed by atoms with van der Waals surface area (Å²) in [5.41, 5.74) is 4.13. The van der Waals surface area contributed by atoms with Crippen molar-refractivity contribution >= 4 is 40.2 Å². The minimum atomic E-state index is -4.82. The molecule has 2 aromatic heterocycles. The maximum Gasteiger partial charge on any atom is 0.573 e. The average Bonchev–Trinajstić information content (AvgIpc) is 3.83. The summed E-state index contributed by atoms with van der Waals surface area (Å²) in [6, 6.07) is 30.5. The van der Waals surface area contributed by atoms with Gasteiger partial charge in [-0.25, -0.2) is 0 Å². The highest BCUT2D eigenvalue weighted by atomic mass is 32.1. The third-order valence-electron chi connectivity index (χ3n) is 7.99. The molecule has 6 aromatic rings. The highest BCUT2D eigenvalue weighted by Crippen LogP contribution is 2.38. The van der Waals surface area contributed by atoms with E-state index < -0.39 is 18.4 Å². The number of nitriles is 1. The highest BCUT2D eigenvalue weighted by Gasteiger charge is 2.32. The Hall–Kier alpha value is -5.98. The van der Waals surface area contributed by atoms with Crippen LogP contribution in [0.4, 0.5) is 18.9 Å². The first kappa shape index (κ1) is 36.8. The van der Waals surface area contributed by atoms with E-state index in [2.05, 4.69) is 36.5 Å². The Kier molecular flexibility index (Phi) is 11.2. The minimum Gasteiger partial charge on any atom is -0.406 e. The summed E-state index contributed by atoms with van der Waals surface area (Å²) in [6.45, 7) is 2.91. The average molecular weight is 754 g/mol. The quantitative estimate of drug-likeness (QED) is 0.132. The van der Waals surface area contributed by atoms with Gasteiger partial charge in [-0.2, -0.15) is 5.26 Å². The molecule has 1 N–H and O–H groups in total. The molecule has 2 unspecified atom stereocenters. The van der Waals surface area contributed by atoms with Crippen molar-refractivity contribution < 1.29 is 27.5 Å². The van der Waals surface area contributed by atoms with Gasteiger partial charge in [-0.3, -0.25) is 9.59 Å². The number of anilines is 1. The summed E-state index contributed by atoms with van der Waals surface area (Å²) in [5.74, 6) is -0.836. The maximum atomic E-state index is 13.6. The van der Waals surface area contributed by atoms with Crippen molar-refractivity contribution in [3.63, 3.8) is 0 Å². The van der Waals surface area contributed by atoms with Crippen LogP contribution in [0.15, 0.2) is 103 Å². The molecule has 268 valence electrons. The molecule has 0 aliphatic rings. The van der Waals surface area contributed by atoms with Crippen LogP contribution in [0.1, 0.15) is 52.6 Å². The molecule has 0 saturated heterocycles. The Bertz CT molecular complexity index is 2240. The molecular weight excluding hydrogens is 724 g/mol. The lowest BCUT2D eigenvalue weighted by Gasteiger charge is -2.30. The van der Waals surface area contributed by atoms with Gasteiger partial charge in [-0.1, -0.05) is 77.3 Å². The maximum absolute atomic E-state index is 13.6. The van der Waals surface area contributed by atoms with Crippen molar-refractivity contribution in [2.24, 2.45) is 0 Å². The molecule has 53 heavy (non-hydrogen) atoms. The number of hydrogen-bond donors (Lipinski definition) is 1. The number of hydrogen-bond acceptors (Lipinski definition) is 10. The van der Waals surface area contributed by atoms with Gasteiger partial charge in [0.05, 0.1) is 23.7 Å². The van der Waals surface area contributed by atoms with Crippen molar-refractivity contribution in [3.05, 3.63) is 130 Å². The van der Waals surface area contributed by atoms with E-state index in [-0.39, 0.29) is 17.6 Å². The van der Waals surface area contributed by atoms with Crippen molar-refractivity contribution in [1.29, 1.82) is 5.26 Å². The van der Waals surface area contributed by atoms with Crippen LogP contribution in [-0.4, -0.2) is 38.6 Å². The van der Waals surface area contributed by atoms with Crippen LogP contribution in [0.25, 0.3) is 21.1 Å². The molecule has 0 spiro atoms. The number of aromatic nitrogens is 4. The van der Waals surface area contributed by atoms with Crippen molar-refractivity contribution in [1.82, 2.24) is 25.7 Å². The van der Waals surface area contributed by atoms with Gasteiger partial charge in [-0.05, 0) is 72.5 Å². The number of rotatable bonds is 12. The monoisotopic (exact) mass is 753 g/mol. The molecule has 10 nitrogen and oxygen atoms in total. The third-order valence-corrected chi connectivity index (χ3v) is 10.2. The Labute approximate surface area is 310 Å². The first-order valence-corrected chi connectivity index (χ1v) is 17.8. The largest absolute Gasteiger partial charge is 0.573 e. The topological polar surface area (TPSA) is 134 Å². The zero-order valence-corrected chi connectivity index (χ0v) is 29.9. The molecular formula is C38H30F3N7O3S2. The predicted molar refractivity (Wildman–Crippen MR) is 195 cm³/mol. The number of nitrogens with one attached hydrogen (secondary N) is 1. The van der Waals surface area contributed by atoms with Crippen molar-refractivity contribution in [2.45, 2.75) is 45.1 Å². The lowest BCUT2D eigenvalue weighted by Crippen LogP contribution is -2.34. The van der Waals surface area contributed by atoms with E-state index in [1.165, 1.54) is 60.8 Å². The Morgan fingerprint density at radius 2 is 1.43 bits per heavy atom. The molecule has 0 saturated carbocycles.